The van der Waals surface area contributed by atoms with Crippen LogP contribution in [0.3, 0.4) is 0 Å². The Hall–Kier alpha value is -1.14. The predicted molar refractivity (Wildman–Crippen MR) is 68.9 cm³/mol. The topological polar surface area (TPSA) is 59.5 Å². The van der Waals surface area contributed by atoms with Crippen molar-refractivity contribution in [2.45, 2.75) is 25.9 Å². The van der Waals surface area contributed by atoms with Crippen LogP contribution >= 0.6 is 0 Å². The third-order valence-corrected chi connectivity index (χ3v) is 4.90. The van der Waals surface area contributed by atoms with Gasteiger partial charge in [0, 0.05) is 18.9 Å². The minimum Gasteiger partial charge on any atom is -0.489 e. The Morgan fingerprint density at radius 2 is 2.17 bits per heavy atom. The summed E-state index contributed by atoms with van der Waals surface area (Å²) < 4.78 is 30.9. The number of hydrogen-bond donors (Lipinski definition) is 0. The zero-order valence-corrected chi connectivity index (χ0v) is 11.3. The van der Waals surface area contributed by atoms with Gasteiger partial charge in [-0.2, -0.15) is 4.31 Å². The van der Waals surface area contributed by atoms with Crippen LogP contribution in [0.25, 0.3) is 0 Å². The van der Waals surface area contributed by atoms with Crippen LogP contribution in [-0.2, 0) is 10.0 Å². The SMILES string of the molecule is CCS(=O)(=O)N1CCCC(Oc2ccncc2)C1. The van der Waals surface area contributed by atoms with Crippen LogP contribution in [0, 0.1) is 0 Å². The fourth-order valence-electron chi connectivity index (χ4n) is 2.05. The first-order valence-corrected chi connectivity index (χ1v) is 7.77. The van der Waals surface area contributed by atoms with Gasteiger partial charge in [0.25, 0.3) is 0 Å². The second-order valence-electron chi connectivity index (χ2n) is 4.32. The van der Waals surface area contributed by atoms with Crippen molar-refractivity contribution >= 4 is 10.0 Å². The lowest BCUT2D eigenvalue weighted by molar-refractivity contribution is 0.130. The maximum atomic E-state index is 11.8. The molecular formula is C12H18N2O3S. The van der Waals surface area contributed by atoms with Gasteiger partial charge in [-0.3, -0.25) is 4.98 Å². The molecule has 1 aromatic heterocycles. The molecule has 1 atom stereocenters. The van der Waals surface area contributed by atoms with E-state index < -0.39 is 10.0 Å². The van der Waals surface area contributed by atoms with E-state index >= 15 is 0 Å². The smallest absolute Gasteiger partial charge is 0.213 e. The fraction of sp³-hybridized carbons (Fsp3) is 0.583. The lowest BCUT2D eigenvalue weighted by atomic mass is 10.1. The van der Waals surface area contributed by atoms with E-state index in [1.807, 2.05) is 0 Å². The van der Waals surface area contributed by atoms with Crippen molar-refractivity contribution in [3.63, 3.8) is 0 Å². The number of sulfonamides is 1. The third-order valence-electron chi connectivity index (χ3n) is 3.05. The van der Waals surface area contributed by atoms with Crippen LogP contribution < -0.4 is 4.74 Å². The average molecular weight is 270 g/mol. The molecule has 0 radical (unpaired) electrons. The first kappa shape index (κ1) is 13.3. The van der Waals surface area contributed by atoms with E-state index in [0.717, 1.165) is 18.6 Å². The fourth-order valence-corrected chi connectivity index (χ4v) is 3.21. The summed E-state index contributed by atoms with van der Waals surface area (Å²) in [5.74, 6) is 0.889. The number of pyridine rings is 1. The highest BCUT2D eigenvalue weighted by Gasteiger charge is 2.28. The van der Waals surface area contributed by atoms with Gasteiger partial charge in [0.2, 0.25) is 10.0 Å². The van der Waals surface area contributed by atoms with E-state index in [4.69, 9.17) is 4.74 Å². The van der Waals surface area contributed by atoms with E-state index in [1.165, 1.54) is 4.31 Å². The molecule has 0 N–H and O–H groups in total. The Labute approximate surface area is 108 Å². The molecule has 5 nitrogen and oxygen atoms in total. The van der Waals surface area contributed by atoms with Crippen LogP contribution in [0.4, 0.5) is 0 Å². The first-order chi connectivity index (χ1) is 8.62. The van der Waals surface area contributed by atoms with Gasteiger partial charge in [-0.05, 0) is 31.9 Å². The number of ether oxygens (including phenoxy) is 1. The number of hydrogen-bond acceptors (Lipinski definition) is 4. The monoisotopic (exact) mass is 270 g/mol. The average Bonchev–Trinajstić information content (AvgIpc) is 2.40. The molecule has 0 aliphatic carbocycles. The summed E-state index contributed by atoms with van der Waals surface area (Å²) in [5.41, 5.74) is 0. The number of nitrogens with zero attached hydrogens (tertiary/aromatic N) is 2. The van der Waals surface area contributed by atoms with Crippen LogP contribution in [0.2, 0.25) is 0 Å². The summed E-state index contributed by atoms with van der Waals surface area (Å²) in [4.78, 5) is 3.92. The quantitative estimate of drug-likeness (QED) is 0.827. The molecule has 1 aliphatic rings. The molecule has 1 saturated heterocycles. The second-order valence-corrected chi connectivity index (χ2v) is 6.58. The minimum absolute atomic E-state index is 0.0672. The third kappa shape index (κ3) is 3.20. The highest BCUT2D eigenvalue weighted by molar-refractivity contribution is 7.89. The summed E-state index contributed by atoms with van der Waals surface area (Å²) in [5, 5.41) is 0. The maximum Gasteiger partial charge on any atom is 0.213 e. The van der Waals surface area contributed by atoms with Gasteiger partial charge in [0.1, 0.15) is 11.9 Å². The Bertz CT molecular complexity index is 475. The summed E-state index contributed by atoms with van der Waals surface area (Å²) in [7, 11) is -3.11. The lowest BCUT2D eigenvalue weighted by Crippen LogP contribution is -2.44. The van der Waals surface area contributed by atoms with Gasteiger partial charge < -0.3 is 4.74 Å². The number of aromatic nitrogens is 1. The largest absolute Gasteiger partial charge is 0.489 e. The molecular weight excluding hydrogens is 252 g/mol. The molecule has 18 heavy (non-hydrogen) atoms. The molecule has 1 aromatic rings. The molecule has 0 spiro atoms. The number of rotatable bonds is 4. The Kier molecular flexibility index (Phi) is 4.19. The van der Waals surface area contributed by atoms with E-state index in [2.05, 4.69) is 4.98 Å². The second kappa shape index (κ2) is 5.67. The first-order valence-electron chi connectivity index (χ1n) is 6.16. The van der Waals surface area contributed by atoms with Crippen molar-refractivity contribution in [3.8, 4) is 5.75 Å². The molecule has 0 amide bonds. The molecule has 100 valence electrons. The van der Waals surface area contributed by atoms with Crippen LogP contribution in [0.15, 0.2) is 24.5 Å². The highest BCUT2D eigenvalue weighted by Crippen LogP contribution is 2.19. The molecule has 2 heterocycles. The predicted octanol–water partition coefficient (Wildman–Crippen LogP) is 1.27. The van der Waals surface area contributed by atoms with Gasteiger partial charge in [-0.1, -0.05) is 0 Å². The van der Waals surface area contributed by atoms with Gasteiger partial charge in [0.05, 0.1) is 12.3 Å². The Morgan fingerprint density at radius 1 is 1.44 bits per heavy atom. The molecule has 0 bridgehead atoms. The molecule has 2 rings (SSSR count). The van der Waals surface area contributed by atoms with Gasteiger partial charge in [0.15, 0.2) is 0 Å². The molecule has 0 saturated carbocycles. The van der Waals surface area contributed by atoms with Crippen molar-refractivity contribution in [1.82, 2.24) is 9.29 Å². The molecule has 6 heteroatoms. The summed E-state index contributed by atoms with van der Waals surface area (Å²) in [6.45, 7) is 2.72. The van der Waals surface area contributed by atoms with E-state index in [1.54, 1.807) is 31.5 Å². The zero-order chi connectivity index (χ0) is 13.0. The molecule has 1 unspecified atom stereocenters. The maximum absolute atomic E-state index is 11.8. The van der Waals surface area contributed by atoms with Gasteiger partial charge >= 0.3 is 0 Å². The normalized spacial score (nSPS) is 21.7. The summed E-state index contributed by atoms with van der Waals surface area (Å²) in [6.07, 6.45) is 4.99. The summed E-state index contributed by atoms with van der Waals surface area (Å²) >= 11 is 0. The molecule has 1 aliphatic heterocycles. The molecule has 1 fully saturated rings. The Balaban J connectivity index is 1.99. The highest BCUT2D eigenvalue weighted by atomic mass is 32.2. The van der Waals surface area contributed by atoms with Gasteiger partial charge in [-0.25, -0.2) is 8.42 Å². The zero-order valence-electron chi connectivity index (χ0n) is 10.4. The lowest BCUT2D eigenvalue weighted by Gasteiger charge is -2.31. The van der Waals surface area contributed by atoms with Crippen molar-refractivity contribution < 1.29 is 13.2 Å². The number of piperidine rings is 1. The van der Waals surface area contributed by atoms with Gasteiger partial charge in [-0.15, -0.1) is 0 Å². The minimum atomic E-state index is -3.11. The Morgan fingerprint density at radius 3 is 2.83 bits per heavy atom. The standard InChI is InChI=1S/C12H18N2O3S/c1-2-18(15,16)14-9-3-4-12(10-14)17-11-5-7-13-8-6-11/h5-8,12H,2-4,9-10H2,1H3. The van der Waals surface area contributed by atoms with Crippen molar-refractivity contribution in [1.29, 1.82) is 0 Å². The van der Waals surface area contributed by atoms with E-state index in [-0.39, 0.29) is 11.9 Å². The van der Waals surface area contributed by atoms with Crippen LogP contribution in [-0.4, -0.2) is 42.7 Å². The van der Waals surface area contributed by atoms with Crippen LogP contribution in [0.5, 0.6) is 5.75 Å². The van der Waals surface area contributed by atoms with Crippen LogP contribution in [0.1, 0.15) is 19.8 Å². The molecule has 0 aromatic carbocycles. The summed E-state index contributed by atoms with van der Waals surface area (Å²) in [6, 6.07) is 3.57. The van der Waals surface area contributed by atoms with E-state index in [0.29, 0.717) is 13.1 Å². The van der Waals surface area contributed by atoms with Crippen molar-refractivity contribution in [2.24, 2.45) is 0 Å². The van der Waals surface area contributed by atoms with Crippen molar-refractivity contribution in [2.75, 3.05) is 18.8 Å². The van der Waals surface area contributed by atoms with Crippen molar-refractivity contribution in [3.05, 3.63) is 24.5 Å². The van der Waals surface area contributed by atoms with E-state index in [9.17, 15) is 8.42 Å².